The van der Waals surface area contributed by atoms with Gasteiger partial charge < -0.3 is 13.6 Å². The Morgan fingerprint density at radius 3 is 1.93 bits per heavy atom. The number of furan rings is 1. The van der Waals surface area contributed by atoms with E-state index in [4.69, 9.17) is 9.40 Å². The van der Waals surface area contributed by atoms with Crippen molar-refractivity contribution in [1.82, 2.24) is 19.1 Å². The smallest absolute Gasteiger partial charge is 0.135 e. The highest BCUT2D eigenvalue weighted by atomic mass is 16.3. The Bertz CT molecular complexity index is 2730. The first-order valence-corrected chi connectivity index (χ1v) is 14.4. The van der Waals surface area contributed by atoms with E-state index in [-0.39, 0.29) is 0 Å². The Labute approximate surface area is 244 Å². The van der Waals surface area contributed by atoms with E-state index < -0.39 is 0 Å². The lowest BCUT2D eigenvalue weighted by Crippen LogP contribution is -1.99. The summed E-state index contributed by atoms with van der Waals surface area (Å²) in [5, 5.41) is 7.87. The molecule has 0 unspecified atom stereocenters. The van der Waals surface area contributed by atoms with Gasteiger partial charge in [-0.2, -0.15) is 0 Å². The van der Waals surface area contributed by atoms with Crippen LogP contribution in [0.1, 0.15) is 0 Å². The first-order chi connectivity index (χ1) is 21.4. The topological polar surface area (TPSA) is 48.8 Å². The summed E-state index contributed by atoms with van der Waals surface area (Å²) in [5.74, 6) is 0. The average Bonchev–Trinajstić information content (AvgIpc) is 3.73. The van der Waals surface area contributed by atoms with E-state index in [0.717, 1.165) is 77.1 Å². The minimum atomic E-state index is 0.883. The molecule has 0 spiro atoms. The van der Waals surface area contributed by atoms with Crippen molar-refractivity contribution >= 4 is 76.5 Å². The Hall–Kier alpha value is -5.94. The van der Waals surface area contributed by atoms with Gasteiger partial charge in [0.1, 0.15) is 17.5 Å². The molecule has 0 amide bonds. The molecule has 4 heterocycles. The number of nitrogens with zero attached hydrogens (tertiary/aromatic N) is 4. The Balaban J connectivity index is 1.51. The third-order valence-corrected chi connectivity index (χ3v) is 8.82. The van der Waals surface area contributed by atoms with Crippen molar-refractivity contribution in [3.8, 4) is 11.4 Å². The summed E-state index contributed by atoms with van der Waals surface area (Å²) in [6, 6.07) is 42.7. The van der Waals surface area contributed by atoms with Gasteiger partial charge in [-0.15, -0.1) is 0 Å². The lowest BCUT2D eigenvalue weighted by Gasteiger charge is -2.13. The second-order valence-electron chi connectivity index (χ2n) is 11.1. The number of benzene rings is 6. The Morgan fingerprint density at radius 1 is 0.488 bits per heavy atom. The summed E-state index contributed by atoms with van der Waals surface area (Å²) in [5.41, 5.74) is 9.45. The van der Waals surface area contributed by atoms with Crippen molar-refractivity contribution in [3.63, 3.8) is 0 Å². The van der Waals surface area contributed by atoms with Crippen molar-refractivity contribution < 1.29 is 4.42 Å². The zero-order chi connectivity index (χ0) is 28.1. The van der Waals surface area contributed by atoms with Crippen molar-refractivity contribution in [2.75, 3.05) is 0 Å². The number of rotatable bonds is 2. The molecule has 0 atom stereocenters. The third kappa shape index (κ3) is 2.95. The molecule has 10 rings (SSSR count). The molecule has 200 valence electrons. The first kappa shape index (κ1) is 22.7. The van der Waals surface area contributed by atoms with Crippen LogP contribution in [-0.2, 0) is 0 Å². The van der Waals surface area contributed by atoms with Crippen LogP contribution < -0.4 is 0 Å². The monoisotopic (exact) mass is 550 g/mol. The van der Waals surface area contributed by atoms with Crippen LogP contribution in [0.4, 0.5) is 0 Å². The van der Waals surface area contributed by atoms with Gasteiger partial charge in [0, 0.05) is 55.3 Å². The van der Waals surface area contributed by atoms with E-state index in [9.17, 15) is 0 Å². The molecule has 5 nitrogen and oxygen atoms in total. The maximum absolute atomic E-state index is 6.21. The van der Waals surface area contributed by atoms with Gasteiger partial charge in [0.05, 0.1) is 27.6 Å². The van der Waals surface area contributed by atoms with Crippen LogP contribution in [-0.4, -0.2) is 19.1 Å². The molecular weight excluding hydrogens is 528 g/mol. The number of hydrogen-bond donors (Lipinski definition) is 0. The maximum atomic E-state index is 6.21. The Kier molecular flexibility index (Phi) is 4.39. The van der Waals surface area contributed by atoms with E-state index >= 15 is 0 Å². The molecule has 0 aliphatic rings. The van der Waals surface area contributed by atoms with E-state index in [0.29, 0.717) is 0 Å². The molecule has 10 aromatic rings. The van der Waals surface area contributed by atoms with Gasteiger partial charge in [-0.1, -0.05) is 72.8 Å². The second kappa shape index (κ2) is 8.30. The van der Waals surface area contributed by atoms with E-state index in [1.807, 2.05) is 18.3 Å². The molecule has 0 bridgehead atoms. The summed E-state index contributed by atoms with van der Waals surface area (Å²) in [4.78, 5) is 9.46. The number of para-hydroxylation sites is 4. The van der Waals surface area contributed by atoms with Crippen LogP contribution in [0.25, 0.3) is 87.8 Å². The van der Waals surface area contributed by atoms with Crippen LogP contribution in [0.5, 0.6) is 0 Å². The van der Waals surface area contributed by atoms with Gasteiger partial charge in [-0.3, -0.25) is 0 Å². The van der Waals surface area contributed by atoms with Crippen molar-refractivity contribution in [1.29, 1.82) is 0 Å². The van der Waals surface area contributed by atoms with Gasteiger partial charge in [0.25, 0.3) is 0 Å². The van der Waals surface area contributed by atoms with Gasteiger partial charge in [-0.05, 0) is 48.5 Å². The van der Waals surface area contributed by atoms with Crippen molar-refractivity contribution in [2.24, 2.45) is 0 Å². The minimum absolute atomic E-state index is 0.883. The fourth-order valence-electron chi connectivity index (χ4n) is 7.12. The SMILES string of the molecule is c1ccc(-n2c3ccccc3c3c4ncncc4c4c5ccccc5n(-c5ccc6oc7ccccc7c6c5)c4c32)cc1. The van der Waals surface area contributed by atoms with Crippen molar-refractivity contribution in [2.45, 2.75) is 0 Å². The molecule has 43 heavy (non-hydrogen) atoms. The highest BCUT2D eigenvalue weighted by molar-refractivity contribution is 6.35. The second-order valence-corrected chi connectivity index (χ2v) is 11.1. The van der Waals surface area contributed by atoms with Crippen LogP contribution in [0.3, 0.4) is 0 Å². The number of hydrogen-bond acceptors (Lipinski definition) is 3. The maximum Gasteiger partial charge on any atom is 0.135 e. The lowest BCUT2D eigenvalue weighted by atomic mass is 10.0. The van der Waals surface area contributed by atoms with E-state index in [1.54, 1.807) is 6.33 Å². The number of fused-ring (bicyclic) bond motifs is 13. The molecule has 0 radical (unpaired) electrons. The summed E-state index contributed by atoms with van der Waals surface area (Å²) < 4.78 is 11.0. The van der Waals surface area contributed by atoms with E-state index in [2.05, 4.69) is 123 Å². The summed E-state index contributed by atoms with van der Waals surface area (Å²) in [6.45, 7) is 0. The van der Waals surface area contributed by atoms with Crippen LogP contribution in [0.2, 0.25) is 0 Å². The fourth-order valence-corrected chi connectivity index (χ4v) is 7.12. The molecule has 0 saturated heterocycles. The molecule has 6 aromatic carbocycles. The first-order valence-electron chi connectivity index (χ1n) is 14.4. The predicted octanol–water partition coefficient (Wildman–Crippen LogP) is 9.72. The highest BCUT2D eigenvalue weighted by Crippen LogP contribution is 2.46. The Morgan fingerprint density at radius 2 is 1.12 bits per heavy atom. The molecule has 0 saturated carbocycles. The van der Waals surface area contributed by atoms with E-state index in [1.165, 1.54) is 10.8 Å². The normalized spacial score (nSPS) is 12.2. The zero-order valence-corrected chi connectivity index (χ0v) is 22.9. The largest absolute Gasteiger partial charge is 0.456 e. The van der Waals surface area contributed by atoms with Crippen LogP contribution in [0.15, 0.2) is 138 Å². The summed E-state index contributed by atoms with van der Waals surface area (Å²) >= 11 is 0. The molecule has 0 aliphatic heterocycles. The molecular formula is C38H22N4O. The highest BCUT2D eigenvalue weighted by Gasteiger charge is 2.25. The molecule has 0 aliphatic carbocycles. The zero-order valence-electron chi connectivity index (χ0n) is 22.9. The minimum Gasteiger partial charge on any atom is -0.456 e. The van der Waals surface area contributed by atoms with Gasteiger partial charge in [-0.25, -0.2) is 9.97 Å². The molecule has 0 N–H and O–H groups in total. The van der Waals surface area contributed by atoms with Gasteiger partial charge in [0.15, 0.2) is 0 Å². The molecule has 0 fully saturated rings. The fraction of sp³-hybridized carbons (Fsp3) is 0. The van der Waals surface area contributed by atoms with Gasteiger partial charge in [0.2, 0.25) is 0 Å². The van der Waals surface area contributed by atoms with Crippen molar-refractivity contribution in [3.05, 3.63) is 134 Å². The quantitative estimate of drug-likeness (QED) is 0.215. The lowest BCUT2D eigenvalue weighted by molar-refractivity contribution is 0.669. The standard InChI is InChI=1S/C38H22N4O/c1-2-10-23(11-3-1)41-31-16-8-5-14-27(31)35-36-29(21-39-22-40-36)34-26-13-4-7-15-30(26)42(37(34)38(35)41)24-18-19-33-28(20-24)25-12-6-9-17-32(25)43-33/h1-22H. The van der Waals surface area contributed by atoms with Crippen LogP contribution >= 0.6 is 0 Å². The molecule has 4 aromatic heterocycles. The predicted molar refractivity (Wildman–Crippen MR) is 175 cm³/mol. The van der Waals surface area contributed by atoms with Crippen LogP contribution in [0, 0.1) is 0 Å². The van der Waals surface area contributed by atoms with Gasteiger partial charge >= 0.3 is 0 Å². The summed E-state index contributed by atoms with van der Waals surface area (Å²) in [6.07, 6.45) is 3.64. The molecule has 5 heteroatoms. The number of aromatic nitrogens is 4. The summed E-state index contributed by atoms with van der Waals surface area (Å²) in [7, 11) is 0. The average molecular weight is 551 g/mol. The third-order valence-electron chi connectivity index (χ3n) is 8.82.